The quantitative estimate of drug-likeness (QED) is 0.259. The SMILES string of the molecule is FC(F)(F)c1ccc(-c2nc(C#Cc3nc(-c4ccccc4)n4ccccc34)c3ccccn23)cc1. The first-order valence-electron chi connectivity index (χ1n) is 11.2. The maximum absolute atomic E-state index is 13.0. The van der Waals surface area contributed by atoms with Crippen LogP contribution in [-0.4, -0.2) is 18.8 Å². The highest BCUT2D eigenvalue weighted by Gasteiger charge is 2.30. The molecule has 4 heterocycles. The molecule has 0 amide bonds. The Morgan fingerprint density at radius 2 is 1.03 bits per heavy atom. The van der Waals surface area contributed by atoms with Crippen LogP contribution in [0.25, 0.3) is 33.8 Å². The molecule has 4 nitrogen and oxygen atoms in total. The molecule has 4 aromatic heterocycles. The van der Waals surface area contributed by atoms with E-state index in [1.165, 1.54) is 12.1 Å². The van der Waals surface area contributed by atoms with Crippen LogP contribution in [0.5, 0.6) is 0 Å². The summed E-state index contributed by atoms with van der Waals surface area (Å²) in [5, 5.41) is 0. The van der Waals surface area contributed by atoms with Gasteiger partial charge < -0.3 is 0 Å². The summed E-state index contributed by atoms with van der Waals surface area (Å²) in [6, 6.07) is 26.3. The molecule has 0 radical (unpaired) electrons. The summed E-state index contributed by atoms with van der Waals surface area (Å²) in [5.41, 5.74) is 3.60. The van der Waals surface area contributed by atoms with Gasteiger partial charge in [0.25, 0.3) is 0 Å². The van der Waals surface area contributed by atoms with Gasteiger partial charge in [-0.25, -0.2) is 9.97 Å². The number of aromatic nitrogens is 4. The van der Waals surface area contributed by atoms with Gasteiger partial charge in [0.05, 0.1) is 16.6 Å². The van der Waals surface area contributed by atoms with Crippen LogP contribution in [-0.2, 0) is 6.18 Å². The Hall–Kier alpha value is -4.83. The normalized spacial score (nSPS) is 11.5. The first kappa shape index (κ1) is 21.7. The Labute approximate surface area is 204 Å². The minimum atomic E-state index is -4.39. The Kier molecular flexibility index (Phi) is 5.08. The fourth-order valence-corrected chi connectivity index (χ4v) is 4.18. The van der Waals surface area contributed by atoms with Crippen LogP contribution < -0.4 is 0 Å². The lowest BCUT2D eigenvalue weighted by Crippen LogP contribution is -2.04. The Bertz CT molecular complexity index is 1770. The molecule has 0 spiro atoms. The van der Waals surface area contributed by atoms with Crippen LogP contribution in [0.15, 0.2) is 103 Å². The van der Waals surface area contributed by atoms with Gasteiger partial charge in [-0.15, -0.1) is 0 Å². The second-order valence-electron chi connectivity index (χ2n) is 8.17. The van der Waals surface area contributed by atoms with Crippen LogP contribution in [0.3, 0.4) is 0 Å². The van der Waals surface area contributed by atoms with E-state index in [1.807, 2.05) is 87.9 Å². The molecular formula is C29H17F3N4. The van der Waals surface area contributed by atoms with E-state index in [1.54, 1.807) is 0 Å². The highest BCUT2D eigenvalue weighted by molar-refractivity contribution is 5.72. The Morgan fingerprint density at radius 1 is 0.556 bits per heavy atom. The average Bonchev–Trinajstić information content (AvgIpc) is 3.46. The fraction of sp³-hybridized carbons (Fsp3) is 0.0345. The van der Waals surface area contributed by atoms with E-state index in [9.17, 15) is 13.2 Å². The van der Waals surface area contributed by atoms with E-state index < -0.39 is 11.7 Å². The maximum atomic E-state index is 13.0. The lowest BCUT2D eigenvalue weighted by atomic mass is 10.1. The molecule has 0 atom stereocenters. The van der Waals surface area contributed by atoms with E-state index in [0.29, 0.717) is 22.8 Å². The summed E-state index contributed by atoms with van der Waals surface area (Å²) < 4.78 is 42.9. The standard InChI is InChI=1S/C29H17F3N4/c30-29(31,32)22-14-12-21(13-15-22)28-34-24(26-11-5-7-19-36(26)28)17-16-23-25-10-4-6-18-35(25)27(33-23)20-8-2-1-3-9-20/h1-15,18-19H. The number of imidazole rings is 2. The molecule has 0 bridgehead atoms. The highest BCUT2D eigenvalue weighted by Crippen LogP contribution is 2.31. The van der Waals surface area contributed by atoms with Gasteiger partial charge in [-0.2, -0.15) is 13.2 Å². The van der Waals surface area contributed by atoms with E-state index in [2.05, 4.69) is 16.8 Å². The van der Waals surface area contributed by atoms with Gasteiger partial charge in [0.15, 0.2) is 0 Å². The molecule has 0 N–H and O–H groups in total. The molecule has 0 fully saturated rings. The molecule has 0 unspecified atom stereocenters. The van der Waals surface area contributed by atoms with Gasteiger partial charge in [-0.05, 0) is 48.2 Å². The maximum Gasteiger partial charge on any atom is 0.416 e. The van der Waals surface area contributed by atoms with Crippen LogP contribution in [0.4, 0.5) is 13.2 Å². The zero-order valence-corrected chi connectivity index (χ0v) is 18.7. The number of halogens is 3. The van der Waals surface area contributed by atoms with Crippen LogP contribution in [0.2, 0.25) is 0 Å². The minimum Gasteiger partial charge on any atom is -0.298 e. The predicted molar refractivity (Wildman–Crippen MR) is 132 cm³/mol. The minimum absolute atomic E-state index is 0.517. The van der Waals surface area contributed by atoms with Gasteiger partial charge in [0.2, 0.25) is 0 Å². The molecule has 6 aromatic rings. The number of nitrogens with zero attached hydrogens (tertiary/aromatic N) is 4. The van der Waals surface area contributed by atoms with Gasteiger partial charge >= 0.3 is 6.18 Å². The zero-order valence-electron chi connectivity index (χ0n) is 18.7. The summed E-state index contributed by atoms with van der Waals surface area (Å²) in [6.07, 6.45) is -0.625. The van der Waals surface area contributed by atoms with Crippen molar-refractivity contribution in [1.82, 2.24) is 18.8 Å². The van der Waals surface area contributed by atoms with Crippen molar-refractivity contribution in [2.45, 2.75) is 6.18 Å². The summed E-state index contributed by atoms with van der Waals surface area (Å²) in [7, 11) is 0. The van der Waals surface area contributed by atoms with E-state index in [4.69, 9.17) is 4.98 Å². The van der Waals surface area contributed by atoms with Crippen LogP contribution >= 0.6 is 0 Å². The molecule has 7 heteroatoms. The summed E-state index contributed by atoms with van der Waals surface area (Å²) in [6.45, 7) is 0. The third-order valence-electron chi connectivity index (χ3n) is 5.90. The third-order valence-corrected chi connectivity index (χ3v) is 5.90. The molecule has 36 heavy (non-hydrogen) atoms. The predicted octanol–water partition coefficient (Wildman–Crippen LogP) is 6.73. The first-order valence-corrected chi connectivity index (χ1v) is 11.2. The van der Waals surface area contributed by atoms with Crippen molar-refractivity contribution in [1.29, 1.82) is 0 Å². The third kappa shape index (κ3) is 3.79. The van der Waals surface area contributed by atoms with Crippen molar-refractivity contribution in [3.05, 3.63) is 120 Å². The fourth-order valence-electron chi connectivity index (χ4n) is 4.18. The second-order valence-corrected chi connectivity index (χ2v) is 8.17. The van der Waals surface area contributed by atoms with Crippen molar-refractivity contribution in [3.63, 3.8) is 0 Å². The molecule has 0 aliphatic rings. The summed E-state index contributed by atoms with van der Waals surface area (Å²) >= 11 is 0. The number of hydrogen-bond donors (Lipinski definition) is 0. The Morgan fingerprint density at radius 3 is 1.53 bits per heavy atom. The van der Waals surface area contributed by atoms with Crippen molar-refractivity contribution in [3.8, 4) is 34.6 Å². The molecule has 6 rings (SSSR count). The average molecular weight is 478 g/mol. The zero-order chi connectivity index (χ0) is 24.7. The van der Waals surface area contributed by atoms with Gasteiger partial charge in [0.1, 0.15) is 23.0 Å². The van der Waals surface area contributed by atoms with Gasteiger partial charge in [-0.1, -0.05) is 54.6 Å². The monoisotopic (exact) mass is 478 g/mol. The van der Waals surface area contributed by atoms with Crippen LogP contribution in [0.1, 0.15) is 17.0 Å². The lowest BCUT2D eigenvalue weighted by molar-refractivity contribution is -0.137. The molecule has 174 valence electrons. The van der Waals surface area contributed by atoms with Crippen molar-refractivity contribution in [2.24, 2.45) is 0 Å². The summed E-state index contributed by atoms with van der Waals surface area (Å²) in [4.78, 5) is 9.49. The second kappa shape index (κ2) is 8.43. The first-order chi connectivity index (χ1) is 17.5. The van der Waals surface area contributed by atoms with E-state index in [-0.39, 0.29) is 0 Å². The highest BCUT2D eigenvalue weighted by atomic mass is 19.4. The van der Waals surface area contributed by atoms with Crippen molar-refractivity contribution >= 4 is 11.0 Å². The number of fused-ring (bicyclic) bond motifs is 2. The molecule has 0 saturated carbocycles. The number of alkyl halides is 3. The smallest absolute Gasteiger partial charge is 0.298 e. The van der Waals surface area contributed by atoms with Crippen molar-refractivity contribution < 1.29 is 13.2 Å². The largest absolute Gasteiger partial charge is 0.416 e. The number of benzene rings is 2. The molecule has 0 saturated heterocycles. The molecule has 2 aromatic carbocycles. The van der Waals surface area contributed by atoms with Crippen LogP contribution in [0, 0.1) is 11.8 Å². The topological polar surface area (TPSA) is 34.6 Å². The Balaban J connectivity index is 1.46. The number of rotatable bonds is 2. The van der Waals surface area contributed by atoms with Gasteiger partial charge in [0, 0.05) is 23.5 Å². The lowest BCUT2D eigenvalue weighted by Gasteiger charge is -2.07. The summed E-state index contributed by atoms with van der Waals surface area (Å²) in [5.74, 6) is 7.63. The molecular weight excluding hydrogens is 461 g/mol. The van der Waals surface area contributed by atoms with Crippen molar-refractivity contribution in [2.75, 3.05) is 0 Å². The molecule has 0 aliphatic carbocycles. The van der Waals surface area contributed by atoms with Gasteiger partial charge in [-0.3, -0.25) is 8.80 Å². The number of pyridine rings is 2. The molecule has 0 aliphatic heterocycles. The number of hydrogen-bond acceptors (Lipinski definition) is 2. The van der Waals surface area contributed by atoms with E-state index in [0.717, 1.165) is 34.6 Å². The van der Waals surface area contributed by atoms with E-state index >= 15 is 0 Å².